The Kier molecular flexibility index (Phi) is 17.0. The molecular weight excluding hydrogens is 840 g/mol. The number of fused-ring (bicyclic) bond motifs is 1. The second-order valence-electron chi connectivity index (χ2n) is 16.0. The van der Waals surface area contributed by atoms with Gasteiger partial charge in [0.05, 0.1) is 50.7 Å². The number of amides is 3. The van der Waals surface area contributed by atoms with E-state index in [1.807, 2.05) is 0 Å². The summed E-state index contributed by atoms with van der Waals surface area (Å²) in [5.41, 5.74) is 5.56. The van der Waals surface area contributed by atoms with Gasteiger partial charge in [-0.1, -0.05) is 0 Å². The molecule has 3 amide bonds. The normalized spacial score (nSPS) is 44.9. The van der Waals surface area contributed by atoms with Crippen LogP contribution in [-0.2, 0) is 61.8 Å². The molecular formula is C36H60N4O22. The molecule has 62 heavy (non-hydrogen) atoms. The Morgan fingerprint density at radius 2 is 1.21 bits per heavy atom. The molecule has 0 aromatic rings. The van der Waals surface area contributed by atoms with Gasteiger partial charge in [0.1, 0.15) is 67.0 Å². The van der Waals surface area contributed by atoms with Gasteiger partial charge in [0.25, 0.3) is 5.79 Å². The topological polar surface area (TPSA) is 396 Å². The summed E-state index contributed by atoms with van der Waals surface area (Å²) in [4.78, 5) is 49.6. The summed E-state index contributed by atoms with van der Waals surface area (Å²) in [6.07, 6.45) is -25.6. The zero-order valence-corrected chi connectivity index (χ0v) is 34.6. The third kappa shape index (κ3) is 10.5. The molecule has 20 unspecified atom stereocenters. The molecule has 14 N–H and O–H groups in total. The van der Waals surface area contributed by atoms with E-state index in [1.165, 1.54) is 13.8 Å². The van der Waals surface area contributed by atoms with E-state index in [2.05, 4.69) is 16.0 Å². The molecule has 0 aromatic carbocycles. The molecule has 0 aromatic heterocycles. The molecule has 356 valence electrons. The molecule has 0 spiro atoms. The van der Waals surface area contributed by atoms with Gasteiger partial charge in [-0.15, -0.1) is 0 Å². The molecule has 4 aliphatic heterocycles. The molecule has 1 saturated carbocycles. The number of carboxylic acids is 1. The van der Waals surface area contributed by atoms with Crippen molar-refractivity contribution in [3.63, 3.8) is 0 Å². The lowest BCUT2D eigenvalue weighted by Gasteiger charge is -2.50. The number of hydrogen-bond donors (Lipinski definition) is 13. The standard InChI is InChI=1S/C36H60N4O22/c1-11-22(47)25(50)20(39-13(3)45)32(55-11)60-28-21(40-14(4)46)33(56-16(9-42)24(28)49)58-26-17(10-43)57-34(30-29(26)61-36(5,62-30)35(52)53)59-27-18(31(51)54-7-6-37)19(38-12(2)44)15(8-41)23(27)48/h11,15-34,41-43,47-51H,6-10,37H2,1-5H3,(H,38,44)(H,39,45)(H,40,46)(H,52,53)/t11?,15?,16?,17?,18-,19?,20?,21?,22?,23?,24?,25?,26?,27?,28?,29?,30?,31?,32?,33?,34?,36+/m1/s1. The van der Waals surface area contributed by atoms with Gasteiger partial charge in [0.2, 0.25) is 17.7 Å². The number of aliphatic hydroxyl groups is 8. The van der Waals surface area contributed by atoms with Crippen LogP contribution in [0.4, 0.5) is 0 Å². The fourth-order valence-corrected chi connectivity index (χ4v) is 8.58. The lowest BCUT2D eigenvalue weighted by Crippen LogP contribution is -2.70. The van der Waals surface area contributed by atoms with Gasteiger partial charge in [-0.25, -0.2) is 4.79 Å². The van der Waals surface area contributed by atoms with Gasteiger partial charge in [0.15, 0.2) is 25.2 Å². The van der Waals surface area contributed by atoms with Crippen molar-refractivity contribution in [2.75, 3.05) is 33.0 Å². The van der Waals surface area contributed by atoms with Gasteiger partial charge >= 0.3 is 5.97 Å². The van der Waals surface area contributed by atoms with Crippen molar-refractivity contribution in [1.29, 1.82) is 0 Å². The fraction of sp³-hybridized carbons (Fsp3) is 0.889. The van der Waals surface area contributed by atoms with E-state index in [-0.39, 0.29) is 13.2 Å². The number of carbonyl (C=O) groups excluding carboxylic acids is 3. The first kappa shape index (κ1) is 50.2. The van der Waals surface area contributed by atoms with Gasteiger partial charge in [0, 0.05) is 46.2 Å². The average molecular weight is 901 g/mol. The second kappa shape index (κ2) is 21.0. The molecule has 5 fully saturated rings. The zero-order chi connectivity index (χ0) is 46.0. The van der Waals surface area contributed by atoms with E-state index in [1.54, 1.807) is 0 Å². The number of nitrogens with one attached hydrogen (secondary N) is 3. The summed E-state index contributed by atoms with van der Waals surface area (Å²) in [6.45, 7) is 3.15. The van der Waals surface area contributed by atoms with Crippen LogP contribution in [0.1, 0.15) is 34.6 Å². The number of rotatable bonds is 17. The molecule has 5 aliphatic rings. The van der Waals surface area contributed by atoms with Crippen molar-refractivity contribution in [2.45, 2.75) is 157 Å². The summed E-state index contributed by atoms with van der Waals surface area (Å²) in [5, 5.41) is 105. The summed E-state index contributed by atoms with van der Waals surface area (Å²) < 4.78 is 53.8. The summed E-state index contributed by atoms with van der Waals surface area (Å²) in [7, 11) is 0. The first-order chi connectivity index (χ1) is 29.2. The Labute approximate surface area is 354 Å². The highest BCUT2D eigenvalue weighted by Gasteiger charge is 2.64. The number of hydrogen-bond acceptors (Lipinski definition) is 22. The molecule has 0 bridgehead atoms. The van der Waals surface area contributed by atoms with Crippen LogP contribution in [0.3, 0.4) is 0 Å². The molecule has 22 atom stereocenters. The molecule has 0 radical (unpaired) electrons. The Bertz CT molecular complexity index is 1550. The van der Waals surface area contributed by atoms with Crippen molar-refractivity contribution in [2.24, 2.45) is 17.6 Å². The maximum Gasteiger partial charge on any atom is 0.364 e. The third-order valence-corrected chi connectivity index (χ3v) is 11.5. The molecule has 26 heteroatoms. The van der Waals surface area contributed by atoms with E-state index < -0.39 is 178 Å². The molecule has 4 saturated heterocycles. The molecule has 26 nitrogen and oxygen atoms in total. The van der Waals surface area contributed by atoms with Gasteiger partial charge in [-0.2, -0.15) is 0 Å². The average Bonchev–Trinajstić information content (AvgIpc) is 3.70. The van der Waals surface area contributed by atoms with E-state index in [0.29, 0.717) is 0 Å². The van der Waals surface area contributed by atoms with E-state index in [4.69, 9.17) is 48.4 Å². The Morgan fingerprint density at radius 1 is 0.677 bits per heavy atom. The summed E-state index contributed by atoms with van der Waals surface area (Å²) >= 11 is 0. The molecule has 4 heterocycles. The van der Waals surface area contributed by atoms with Crippen molar-refractivity contribution >= 4 is 23.7 Å². The number of carboxylic acid groups (broad SMARTS) is 1. The van der Waals surface area contributed by atoms with Gasteiger partial charge in [-0.05, 0) is 6.92 Å². The lowest BCUT2D eigenvalue weighted by atomic mass is 9.94. The van der Waals surface area contributed by atoms with Crippen LogP contribution < -0.4 is 21.7 Å². The smallest absolute Gasteiger partial charge is 0.364 e. The first-order valence-corrected chi connectivity index (χ1v) is 20.1. The van der Waals surface area contributed by atoms with Crippen LogP contribution in [-0.4, -0.2) is 225 Å². The number of ether oxygens (including phenoxy) is 9. The number of nitrogens with two attached hydrogens (primary N) is 1. The van der Waals surface area contributed by atoms with Gasteiger partial charge in [-0.3, -0.25) is 14.4 Å². The third-order valence-electron chi connectivity index (χ3n) is 11.5. The SMILES string of the molecule is CC(=O)NC1C(OC2C(O)C(CO)OC(OC3C(CO)OC(OC4C(O)C(CO)C(NC(C)=O)[C@H]4C(O)OCCN)C4O[C@@](C)(C(=O)O)OC34)C2NC(C)=O)OC(C)C(O)C1O. The highest BCUT2D eigenvalue weighted by atomic mass is 16.8. The van der Waals surface area contributed by atoms with Crippen molar-refractivity contribution in [3.05, 3.63) is 0 Å². The van der Waals surface area contributed by atoms with Crippen LogP contribution in [0.5, 0.6) is 0 Å². The number of aliphatic hydroxyl groups excluding tert-OH is 8. The zero-order valence-electron chi connectivity index (χ0n) is 34.6. The lowest BCUT2D eigenvalue weighted by molar-refractivity contribution is -0.356. The highest BCUT2D eigenvalue weighted by Crippen LogP contribution is 2.44. The summed E-state index contributed by atoms with van der Waals surface area (Å²) in [6, 6.07) is -4.13. The molecule has 1 aliphatic carbocycles. The minimum atomic E-state index is -2.45. The minimum absolute atomic E-state index is 0.0309. The highest BCUT2D eigenvalue weighted by molar-refractivity contribution is 5.75. The monoisotopic (exact) mass is 900 g/mol. The van der Waals surface area contributed by atoms with E-state index >= 15 is 0 Å². The number of aliphatic carboxylic acids is 1. The Morgan fingerprint density at radius 3 is 1.77 bits per heavy atom. The largest absolute Gasteiger partial charge is 0.477 e. The maximum atomic E-state index is 12.7. The van der Waals surface area contributed by atoms with Crippen molar-refractivity contribution < 1.29 is 108 Å². The first-order valence-electron chi connectivity index (χ1n) is 20.1. The quantitative estimate of drug-likeness (QED) is 0.0603. The van der Waals surface area contributed by atoms with Crippen LogP contribution in [0.2, 0.25) is 0 Å². The van der Waals surface area contributed by atoms with Crippen LogP contribution in [0, 0.1) is 11.8 Å². The summed E-state index contributed by atoms with van der Waals surface area (Å²) in [5.74, 6) is -8.51. The van der Waals surface area contributed by atoms with Crippen molar-refractivity contribution in [1.82, 2.24) is 16.0 Å². The van der Waals surface area contributed by atoms with E-state index in [9.17, 15) is 65.1 Å². The predicted molar refractivity (Wildman–Crippen MR) is 198 cm³/mol. The van der Waals surface area contributed by atoms with E-state index in [0.717, 1.165) is 20.8 Å². The Hall–Kier alpha value is -2.84. The van der Waals surface area contributed by atoms with Gasteiger partial charge < -0.3 is 110 Å². The minimum Gasteiger partial charge on any atom is -0.477 e. The predicted octanol–water partition coefficient (Wildman–Crippen LogP) is -7.60. The van der Waals surface area contributed by atoms with Crippen LogP contribution in [0.25, 0.3) is 0 Å². The number of carbonyl (C=O) groups is 4. The molecule has 5 rings (SSSR count). The Balaban J connectivity index is 1.50. The fourth-order valence-electron chi connectivity index (χ4n) is 8.58. The maximum absolute atomic E-state index is 12.7. The second-order valence-corrected chi connectivity index (χ2v) is 16.0. The van der Waals surface area contributed by atoms with Crippen molar-refractivity contribution in [3.8, 4) is 0 Å². The van der Waals surface area contributed by atoms with Crippen LogP contribution >= 0.6 is 0 Å². The van der Waals surface area contributed by atoms with Crippen LogP contribution in [0.15, 0.2) is 0 Å².